The first-order chi connectivity index (χ1) is 6.63. The molecule has 14 heavy (non-hydrogen) atoms. The van der Waals surface area contributed by atoms with Crippen LogP contribution in [0.4, 0.5) is 11.9 Å². The number of nitrogens with zero attached hydrogens (tertiary/aromatic N) is 4. The van der Waals surface area contributed by atoms with Gasteiger partial charge in [0.15, 0.2) is 0 Å². The van der Waals surface area contributed by atoms with Crippen LogP contribution in [-0.4, -0.2) is 28.5 Å². The Morgan fingerprint density at radius 2 is 2.07 bits per heavy atom. The van der Waals surface area contributed by atoms with Gasteiger partial charge in [-0.1, -0.05) is 13.3 Å². The van der Waals surface area contributed by atoms with E-state index in [9.17, 15) is 0 Å². The van der Waals surface area contributed by atoms with Crippen molar-refractivity contribution in [3.8, 4) is 0 Å². The van der Waals surface area contributed by atoms with Crippen LogP contribution in [0.2, 0.25) is 5.28 Å². The average molecular weight is 216 g/mol. The van der Waals surface area contributed by atoms with Crippen molar-refractivity contribution >= 4 is 23.5 Å². The SMILES string of the molecule is CCCCN(C)c1nc(N)nc(Cl)n1. The molecule has 5 nitrogen and oxygen atoms in total. The molecule has 1 heterocycles. The average Bonchev–Trinajstić information content (AvgIpc) is 2.12. The van der Waals surface area contributed by atoms with Crippen LogP contribution in [0.15, 0.2) is 0 Å². The minimum absolute atomic E-state index is 0.135. The van der Waals surface area contributed by atoms with Crippen molar-refractivity contribution in [1.29, 1.82) is 0 Å². The highest BCUT2D eigenvalue weighted by molar-refractivity contribution is 6.28. The lowest BCUT2D eigenvalue weighted by Gasteiger charge is -2.16. The Kier molecular flexibility index (Phi) is 3.88. The summed E-state index contributed by atoms with van der Waals surface area (Å²) in [5.74, 6) is 0.680. The van der Waals surface area contributed by atoms with Gasteiger partial charge in [-0.15, -0.1) is 0 Å². The molecular weight excluding hydrogens is 202 g/mol. The summed E-state index contributed by atoms with van der Waals surface area (Å²) in [6.07, 6.45) is 2.21. The molecule has 6 heteroatoms. The van der Waals surface area contributed by atoms with Gasteiger partial charge in [-0.05, 0) is 18.0 Å². The topological polar surface area (TPSA) is 67.9 Å². The number of nitrogens with two attached hydrogens (primary N) is 1. The lowest BCUT2D eigenvalue weighted by molar-refractivity contribution is 0.748. The summed E-state index contributed by atoms with van der Waals surface area (Å²) < 4.78 is 0. The molecule has 0 saturated heterocycles. The van der Waals surface area contributed by atoms with Gasteiger partial charge in [0.1, 0.15) is 0 Å². The smallest absolute Gasteiger partial charge is 0.231 e. The summed E-state index contributed by atoms with van der Waals surface area (Å²) in [4.78, 5) is 13.6. The Morgan fingerprint density at radius 1 is 1.36 bits per heavy atom. The van der Waals surface area contributed by atoms with Gasteiger partial charge in [0.05, 0.1) is 0 Å². The third-order valence-electron chi connectivity index (χ3n) is 1.80. The van der Waals surface area contributed by atoms with Gasteiger partial charge < -0.3 is 10.6 Å². The van der Waals surface area contributed by atoms with Gasteiger partial charge in [-0.2, -0.15) is 15.0 Å². The standard InChI is InChI=1S/C8H14ClN5/c1-3-4-5-14(2)8-12-6(9)11-7(10)13-8/h3-5H2,1-2H3,(H2,10,11,12,13). The number of hydrogen-bond donors (Lipinski definition) is 1. The first kappa shape index (κ1) is 11.0. The fourth-order valence-electron chi connectivity index (χ4n) is 1.02. The predicted molar refractivity (Wildman–Crippen MR) is 57.4 cm³/mol. The molecule has 0 aromatic carbocycles. The maximum Gasteiger partial charge on any atom is 0.231 e. The van der Waals surface area contributed by atoms with Gasteiger partial charge in [-0.3, -0.25) is 0 Å². The first-order valence-corrected chi connectivity index (χ1v) is 4.89. The number of anilines is 2. The van der Waals surface area contributed by atoms with Crippen LogP contribution in [0, 0.1) is 0 Å². The Bertz CT molecular complexity index is 284. The van der Waals surface area contributed by atoms with E-state index in [0.29, 0.717) is 5.95 Å². The van der Waals surface area contributed by atoms with E-state index < -0.39 is 0 Å². The maximum absolute atomic E-state index is 5.66. The van der Waals surface area contributed by atoms with Crippen LogP contribution in [0.3, 0.4) is 0 Å². The van der Waals surface area contributed by atoms with Crippen LogP contribution >= 0.6 is 11.6 Å². The van der Waals surface area contributed by atoms with Crippen molar-refractivity contribution < 1.29 is 0 Å². The van der Waals surface area contributed by atoms with Gasteiger partial charge in [0, 0.05) is 13.6 Å². The Hall–Kier alpha value is -1.10. The summed E-state index contributed by atoms with van der Waals surface area (Å²) in [7, 11) is 1.90. The molecular formula is C8H14ClN5. The van der Waals surface area contributed by atoms with E-state index in [2.05, 4.69) is 21.9 Å². The predicted octanol–water partition coefficient (Wildman–Crippen LogP) is 1.34. The fraction of sp³-hybridized carbons (Fsp3) is 0.625. The zero-order chi connectivity index (χ0) is 10.6. The number of halogens is 1. The number of unbranched alkanes of at least 4 members (excludes halogenated alkanes) is 1. The van der Waals surface area contributed by atoms with E-state index in [1.807, 2.05) is 11.9 Å². The zero-order valence-electron chi connectivity index (χ0n) is 8.37. The van der Waals surface area contributed by atoms with Crippen LogP contribution < -0.4 is 10.6 Å². The van der Waals surface area contributed by atoms with Crippen molar-refractivity contribution in [2.75, 3.05) is 24.2 Å². The lowest BCUT2D eigenvalue weighted by Crippen LogP contribution is -2.21. The summed E-state index contributed by atoms with van der Waals surface area (Å²) in [5.41, 5.74) is 5.45. The van der Waals surface area contributed by atoms with Crippen LogP contribution in [0.25, 0.3) is 0 Å². The zero-order valence-corrected chi connectivity index (χ0v) is 9.12. The normalized spacial score (nSPS) is 10.2. The Morgan fingerprint density at radius 3 is 2.64 bits per heavy atom. The van der Waals surface area contributed by atoms with Crippen LogP contribution in [0.1, 0.15) is 19.8 Å². The summed E-state index contributed by atoms with van der Waals surface area (Å²) in [6, 6.07) is 0. The second-order valence-electron chi connectivity index (χ2n) is 3.04. The van der Waals surface area contributed by atoms with E-state index in [1.54, 1.807) is 0 Å². The van der Waals surface area contributed by atoms with Crippen molar-refractivity contribution in [2.24, 2.45) is 0 Å². The Balaban J connectivity index is 2.73. The third kappa shape index (κ3) is 2.99. The molecule has 0 saturated carbocycles. The number of rotatable bonds is 4. The van der Waals surface area contributed by atoms with E-state index >= 15 is 0 Å². The largest absolute Gasteiger partial charge is 0.368 e. The molecule has 0 aliphatic carbocycles. The molecule has 0 radical (unpaired) electrons. The molecule has 0 fully saturated rings. The van der Waals surface area contributed by atoms with Gasteiger partial charge in [0.25, 0.3) is 0 Å². The van der Waals surface area contributed by atoms with E-state index in [-0.39, 0.29) is 11.2 Å². The Labute approximate surface area is 88.3 Å². The molecule has 0 aliphatic heterocycles. The molecule has 0 bridgehead atoms. The minimum atomic E-state index is 0.135. The highest BCUT2D eigenvalue weighted by atomic mass is 35.5. The molecule has 0 unspecified atom stereocenters. The molecule has 0 aliphatic rings. The quantitative estimate of drug-likeness (QED) is 0.821. The lowest BCUT2D eigenvalue weighted by atomic mass is 10.3. The molecule has 0 spiro atoms. The van der Waals surface area contributed by atoms with Gasteiger partial charge in [-0.25, -0.2) is 0 Å². The molecule has 0 atom stereocenters. The number of nitrogen functional groups attached to an aromatic ring is 1. The molecule has 1 aromatic heterocycles. The van der Waals surface area contributed by atoms with Crippen molar-refractivity contribution in [1.82, 2.24) is 15.0 Å². The van der Waals surface area contributed by atoms with Gasteiger partial charge >= 0.3 is 0 Å². The van der Waals surface area contributed by atoms with E-state index in [4.69, 9.17) is 17.3 Å². The van der Waals surface area contributed by atoms with E-state index in [0.717, 1.165) is 19.4 Å². The van der Waals surface area contributed by atoms with Crippen molar-refractivity contribution in [2.45, 2.75) is 19.8 Å². The summed E-state index contributed by atoms with van der Waals surface area (Å²) >= 11 is 5.66. The first-order valence-electron chi connectivity index (χ1n) is 4.51. The van der Waals surface area contributed by atoms with Crippen molar-refractivity contribution in [3.05, 3.63) is 5.28 Å². The molecule has 2 N–H and O–H groups in total. The summed E-state index contributed by atoms with van der Waals surface area (Å²) in [6.45, 7) is 3.01. The van der Waals surface area contributed by atoms with E-state index in [1.165, 1.54) is 0 Å². The molecule has 78 valence electrons. The minimum Gasteiger partial charge on any atom is -0.368 e. The fourth-order valence-corrected chi connectivity index (χ4v) is 1.18. The maximum atomic E-state index is 5.66. The highest BCUT2D eigenvalue weighted by Gasteiger charge is 2.06. The molecule has 1 rings (SSSR count). The number of aromatic nitrogens is 3. The van der Waals surface area contributed by atoms with Crippen LogP contribution in [0.5, 0.6) is 0 Å². The highest BCUT2D eigenvalue weighted by Crippen LogP contribution is 2.10. The second kappa shape index (κ2) is 4.95. The molecule has 0 amide bonds. The second-order valence-corrected chi connectivity index (χ2v) is 3.38. The van der Waals surface area contributed by atoms with Crippen molar-refractivity contribution in [3.63, 3.8) is 0 Å². The van der Waals surface area contributed by atoms with Crippen LogP contribution in [-0.2, 0) is 0 Å². The van der Waals surface area contributed by atoms with Gasteiger partial charge in [0.2, 0.25) is 17.2 Å². The third-order valence-corrected chi connectivity index (χ3v) is 1.97. The monoisotopic (exact) mass is 215 g/mol. The number of hydrogen-bond acceptors (Lipinski definition) is 5. The summed E-state index contributed by atoms with van der Waals surface area (Å²) in [5, 5.41) is 0.135. The molecule has 1 aromatic rings.